The fraction of sp³-hybridized carbons (Fsp3) is 1.00. The summed E-state index contributed by atoms with van der Waals surface area (Å²) in [5.41, 5.74) is 1.28. The van der Waals surface area contributed by atoms with Gasteiger partial charge in [-0.1, -0.05) is 53.9 Å². The Morgan fingerprint density at radius 1 is 0.846 bits per heavy atom. The zero-order valence-electron chi connectivity index (χ0n) is 18.3. The Hall–Kier alpha value is -0.0400. The molecule has 4 rings (SSSR count). The average molecular weight is 360 g/mol. The lowest BCUT2D eigenvalue weighted by Crippen LogP contribution is -2.54. The highest BCUT2D eigenvalue weighted by Crippen LogP contribution is 2.66. The highest BCUT2D eigenvalue weighted by atomic mass is 15.0. The van der Waals surface area contributed by atoms with Crippen molar-refractivity contribution in [2.75, 3.05) is 6.54 Å². The van der Waals surface area contributed by atoms with Crippen molar-refractivity contribution in [2.24, 2.45) is 46.3 Å². The molecule has 8 atom stereocenters. The summed E-state index contributed by atoms with van der Waals surface area (Å²) in [6.45, 7) is 14.0. The second-order valence-electron chi connectivity index (χ2n) is 11.7. The standard InChI is InChI=1S/C25H45N/c1-17(2)7-6-8-18(3)20-10-11-21-19-9-12-23-25(5,15-16-26-23)22(19)13-14-24(20,21)4/h17-23,26H,6-16H2,1-5H3/t18-,19-,20-,21+,22-,23+,24+,25+/m0/s1. The van der Waals surface area contributed by atoms with Crippen LogP contribution in [0.1, 0.15) is 98.8 Å². The van der Waals surface area contributed by atoms with Crippen molar-refractivity contribution in [1.82, 2.24) is 5.32 Å². The normalized spacial score (nSPS) is 48.9. The van der Waals surface area contributed by atoms with Gasteiger partial charge in [-0.2, -0.15) is 0 Å². The molecular formula is C25H45N. The number of rotatable bonds is 5. The molecular weight excluding hydrogens is 314 g/mol. The molecule has 0 aromatic carbocycles. The predicted octanol–water partition coefficient (Wildman–Crippen LogP) is 6.67. The first kappa shape index (κ1) is 19.3. The van der Waals surface area contributed by atoms with Crippen molar-refractivity contribution in [2.45, 2.75) is 105 Å². The van der Waals surface area contributed by atoms with Crippen LogP contribution in [0.5, 0.6) is 0 Å². The maximum absolute atomic E-state index is 3.86. The van der Waals surface area contributed by atoms with E-state index in [1.54, 1.807) is 6.42 Å². The zero-order valence-corrected chi connectivity index (χ0v) is 18.3. The molecule has 0 bridgehead atoms. The predicted molar refractivity (Wildman–Crippen MR) is 112 cm³/mol. The van der Waals surface area contributed by atoms with Crippen LogP contribution in [0.3, 0.4) is 0 Å². The Morgan fingerprint density at radius 2 is 1.62 bits per heavy atom. The fourth-order valence-electron chi connectivity index (χ4n) is 8.69. The van der Waals surface area contributed by atoms with E-state index in [-0.39, 0.29) is 0 Å². The van der Waals surface area contributed by atoms with Crippen LogP contribution in [-0.2, 0) is 0 Å². The summed E-state index contributed by atoms with van der Waals surface area (Å²) in [7, 11) is 0. The van der Waals surface area contributed by atoms with E-state index in [2.05, 4.69) is 39.9 Å². The van der Waals surface area contributed by atoms with Gasteiger partial charge >= 0.3 is 0 Å². The van der Waals surface area contributed by atoms with Crippen molar-refractivity contribution >= 4 is 0 Å². The molecule has 26 heavy (non-hydrogen) atoms. The molecule has 3 aliphatic carbocycles. The third-order valence-electron chi connectivity index (χ3n) is 10.1. The van der Waals surface area contributed by atoms with Crippen molar-refractivity contribution in [1.29, 1.82) is 0 Å². The minimum Gasteiger partial charge on any atom is -0.313 e. The molecule has 1 N–H and O–H groups in total. The van der Waals surface area contributed by atoms with E-state index in [9.17, 15) is 0 Å². The van der Waals surface area contributed by atoms with Crippen molar-refractivity contribution < 1.29 is 0 Å². The third-order valence-corrected chi connectivity index (χ3v) is 10.1. The SMILES string of the molecule is CC(C)CCC[C@H](C)[C@@H]1CC[C@@H]2[C@@H]3CC[C@H]4NCC[C@]4(C)[C@H]3CC[C@@]21C. The van der Waals surface area contributed by atoms with Gasteiger partial charge in [-0.3, -0.25) is 0 Å². The topological polar surface area (TPSA) is 12.0 Å². The second kappa shape index (κ2) is 7.09. The molecule has 0 amide bonds. The van der Waals surface area contributed by atoms with Crippen LogP contribution in [0.15, 0.2) is 0 Å². The molecule has 1 nitrogen and oxygen atoms in total. The maximum Gasteiger partial charge on any atom is 0.0124 e. The monoisotopic (exact) mass is 359 g/mol. The van der Waals surface area contributed by atoms with Gasteiger partial charge in [0.1, 0.15) is 0 Å². The van der Waals surface area contributed by atoms with Crippen LogP contribution in [-0.4, -0.2) is 12.6 Å². The van der Waals surface area contributed by atoms with Gasteiger partial charge in [-0.25, -0.2) is 0 Å². The number of hydrogen-bond acceptors (Lipinski definition) is 1. The molecule has 150 valence electrons. The van der Waals surface area contributed by atoms with Gasteiger partial charge in [0.2, 0.25) is 0 Å². The van der Waals surface area contributed by atoms with Crippen LogP contribution >= 0.6 is 0 Å². The summed E-state index contributed by atoms with van der Waals surface area (Å²) in [6.07, 6.45) is 14.9. The smallest absolute Gasteiger partial charge is 0.0124 e. The van der Waals surface area contributed by atoms with Crippen LogP contribution in [0.4, 0.5) is 0 Å². The lowest BCUT2D eigenvalue weighted by Gasteiger charge is -2.58. The van der Waals surface area contributed by atoms with Gasteiger partial charge in [-0.15, -0.1) is 0 Å². The Bertz CT molecular complexity index is 498. The van der Waals surface area contributed by atoms with Gasteiger partial charge in [-0.05, 0) is 97.8 Å². The Morgan fingerprint density at radius 3 is 2.38 bits per heavy atom. The lowest BCUT2D eigenvalue weighted by atomic mass is 9.48. The van der Waals surface area contributed by atoms with E-state index in [0.29, 0.717) is 10.8 Å². The molecule has 0 aromatic rings. The molecule has 4 fully saturated rings. The lowest BCUT2D eigenvalue weighted by molar-refractivity contribution is -0.0774. The van der Waals surface area contributed by atoms with E-state index in [1.807, 2.05) is 0 Å². The maximum atomic E-state index is 3.86. The minimum absolute atomic E-state index is 0.616. The molecule has 0 spiro atoms. The molecule has 4 aliphatic rings. The number of hydrogen-bond donors (Lipinski definition) is 1. The highest BCUT2D eigenvalue weighted by Gasteiger charge is 2.60. The van der Waals surface area contributed by atoms with E-state index in [4.69, 9.17) is 0 Å². The molecule has 1 aliphatic heterocycles. The average Bonchev–Trinajstić information content (AvgIpc) is 3.13. The summed E-state index contributed by atoms with van der Waals surface area (Å²) < 4.78 is 0. The third kappa shape index (κ3) is 2.99. The zero-order chi connectivity index (χ0) is 18.5. The van der Waals surface area contributed by atoms with Crippen LogP contribution in [0, 0.1) is 46.3 Å². The van der Waals surface area contributed by atoms with E-state index >= 15 is 0 Å². The summed E-state index contributed by atoms with van der Waals surface area (Å²) in [5.74, 6) is 5.93. The first-order valence-electron chi connectivity index (χ1n) is 12.1. The van der Waals surface area contributed by atoms with Crippen molar-refractivity contribution in [3.63, 3.8) is 0 Å². The quantitative estimate of drug-likeness (QED) is 0.578. The Labute approximate surface area is 163 Å². The molecule has 0 radical (unpaired) electrons. The second-order valence-corrected chi connectivity index (χ2v) is 11.7. The summed E-state index contributed by atoms with van der Waals surface area (Å²) in [4.78, 5) is 0. The largest absolute Gasteiger partial charge is 0.313 e. The van der Waals surface area contributed by atoms with Crippen molar-refractivity contribution in [3.8, 4) is 0 Å². The molecule has 0 aromatic heterocycles. The highest BCUT2D eigenvalue weighted by molar-refractivity contribution is 5.11. The molecule has 3 saturated carbocycles. The van der Waals surface area contributed by atoms with Crippen molar-refractivity contribution in [3.05, 3.63) is 0 Å². The van der Waals surface area contributed by atoms with Gasteiger partial charge in [0.05, 0.1) is 0 Å². The van der Waals surface area contributed by atoms with E-state index in [0.717, 1.165) is 41.5 Å². The number of fused-ring (bicyclic) bond motifs is 5. The van der Waals surface area contributed by atoms with E-state index in [1.165, 1.54) is 64.3 Å². The summed E-state index contributed by atoms with van der Waals surface area (Å²) in [5, 5.41) is 3.86. The molecule has 1 saturated heterocycles. The Balaban J connectivity index is 1.46. The van der Waals surface area contributed by atoms with Crippen LogP contribution in [0.2, 0.25) is 0 Å². The molecule has 1 heterocycles. The van der Waals surface area contributed by atoms with Crippen LogP contribution < -0.4 is 5.32 Å². The van der Waals surface area contributed by atoms with E-state index < -0.39 is 0 Å². The van der Waals surface area contributed by atoms with Gasteiger partial charge in [0.15, 0.2) is 0 Å². The van der Waals surface area contributed by atoms with Gasteiger partial charge in [0.25, 0.3) is 0 Å². The minimum atomic E-state index is 0.616. The summed E-state index contributed by atoms with van der Waals surface area (Å²) >= 11 is 0. The fourth-order valence-corrected chi connectivity index (χ4v) is 8.69. The molecule has 1 heteroatoms. The Kier molecular flexibility index (Phi) is 5.26. The first-order valence-corrected chi connectivity index (χ1v) is 12.1. The van der Waals surface area contributed by atoms with Gasteiger partial charge < -0.3 is 5.32 Å². The number of nitrogens with one attached hydrogen (secondary N) is 1. The first-order chi connectivity index (χ1) is 12.4. The molecule has 0 unspecified atom stereocenters. The van der Waals surface area contributed by atoms with Gasteiger partial charge in [0, 0.05) is 6.04 Å². The summed E-state index contributed by atoms with van der Waals surface area (Å²) in [6, 6.07) is 0.834. The van der Waals surface area contributed by atoms with Crippen LogP contribution in [0.25, 0.3) is 0 Å².